The molecule has 6 heteroatoms. The van der Waals surface area contributed by atoms with E-state index in [-0.39, 0.29) is 24.4 Å². The highest BCUT2D eigenvalue weighted by atomic mass is 35.5. The minimum atomic E-state index is 0. The zero-order valence-corrected chi connectivity index (χ0v) is 13.8. The summed E-state index contributed by atoms with van der Waals surface area (Å²) < 4.78 is 11.2. The van der Waals surface area contributed by atoms with Crippen LogP contribution in [0.15, 0.2) is 0 Å². The highest BCUT2D eigenvalue weighted by Gasteiger charge is 2.24. The molecule has 0 saturated carbocycles. The molecule has 1 amide bonds. The molecule has 124 valence electrons. The number of halogens is 1. The van der Waals surface area contributed by atoms with Crippen molar-refractivity contribution < 1.29 is 14.3 Å². The van der Waals surface area contributed by atoms with E-state index < -0.39 is 0 Å². The lowest BCUT2D eigenvalue weighted by atomic mass is 10.1. The number of nitrogens with one attached hydrogen (secondary N) is 1. The van der Waals surface area contributed by atoms with E-state index in [9.17, 15) is 4.79 Å². The van der Waals surface area contributed by atoms with Crippen molar-refractivity contribution in [2.45, 2.75) is 51.2 Å². The van der Waals surface area contributed by atoms with E-state index in [4.69, 9.17) is 9.47 Å². The molecule has 0 spiro atoms. The van der Waals surface area contributed by atoms with E-state index in [1.54, 1.807) is 0 Å². The minimum absolute atomic E-state index is 0. The molecule has 0 bridgehead atoms. The van der Waals surface area contributed by atoms with Crippen LogP contribution >= 0.6 is 12.4 Å². The maximum Gasteiger partial charge on any atom is 0.224 e. The molecule has 0 aromatic carbocycles. The molecule has 2 heterocycles. The third kappa shape index (κ3) is 6.51. The lowest BCUT2D eigenvalue weighted by Gasteiger charge is -2.27. The van der Waals surface area contributed by atoms with Gasteiger partial charge in [0.2, 0.25) is 5.91 Å². The second-order valence-corrected chi connectivity index (χ2v) is 5.73. The first kappa shape index (κ1) is 18.7. The first-order valence-electron chi connectivity index (χ1n) is 8.00. The summed E-state index contributed by atoms with van der Waals surface area (Å²) in [4.78, 5) is 14.3. The molecule has 2 saturated heterocycles. The van der Waals surface area contributed by atoms with Crippen molar-refractivity contribution >= 4 is 18.3 Å². The van der Waals surface area contributed by atoms with Crippen molar-refractivity contribution in [3.05, 3.63) is 0 Å². The number of amides is 1. The lowest BCUT2D eigenvalue weighted by molar-refractivity contribution is -0.132. The maximum atomic E-state index is 12.3. The Labute approximate surface area is 134 Å². The molecule has 21 heavy (non-hydrogen) atoms. The zero-order valence-electron chi connectivity index (χ0n) is 13.0. The van der Waals surface area contributed by atoms with E-state index >= 15 is 0 Å². The van der Waals surface area contributed by atoms with Crippen LogP contribution in [0.3, 0.4) is 0 Å². The normalized spacial score (nSPS) is 26.8. The summed E-state index contributed by atoms with van der Waals surface area (Å²) in [7, 11) is 0. The summed E-state index contributed by atoms with van der Waals surface area (Å²) >= 11 is 0. The quantitative estimate of drug-likeness (QED) is 0.836. The van der Waals surface area contributed by atoms with Crippen LogP contribution < -0.4 is 5.32 Å². The Kier molecular flexibility index (Phi) is 9.24. The number of likely N-dealkylation sites (tertiary alicyclic amines) is 1. The molecule has 2 atom stereocenters. The monoisotopic (exact) mass is 320 g/mol. The van der Waals surface area contributed by atoms with Crippen LogP contribution in [-0.2, 0) is 14.3 Å². The molecule has 2 unspecified atom stereocenters. The number of carbonyl (C=O) groups is 1. The molecule has 2 aliphatic heterocycles. The summed E-state index contributed by atoms with van der Waals surface area (Å²) in [6, 6.07) is 0.187. The number of hydrogen-bond acceptors (Lipinski definition) is 4. The molecule has 1 N–H and O–H groups in total. The molecular formula is C15H29ClN2O3. The Morgan fingerprint density at radius 3 is 2.95 bits per heavy atom. The van der Waals surface area contributed by atoms with Crippen LogP contribution in [-0.4, -0.2) is 62.4 Å². The van der Waals surface area contributed by atoms with Gasteiger partial charge in [0, 0.05) is 38.7 Å². The van der Waals surface area contributed by atoms with Crippen LogP contribution in [0.5, 0.6) is 0 Å². The van der Waals surface area contributed by atoms with Gasteiger partial charge in [-0.05, 0) is 25.7 Å². The molecule has 0 aromatic rings. The number of hydrogen-bond donors (Lipinski definition) is 1. The van der Waals surface area contributed by atoms with E-state index in [1.807, 2.05) is 4.90 Å². The van der Waals surface area contributed by atoms with Crippen LogP contribution in [0.4, 0.5) is 0 Å². The molecular weight excluding hydrogens is 292 g/mol. The average Bonchev–Trinajstić information content (AvgIpc) is 2.72. The van der Waals surface area contributed by atoms with Crippen molar-refractivity contribution in [2.24, 2.45) is 0 Å². The Bertz CT molecular complexity index is 299. The van der Waals surface area contributed by atoms with Crippen LogP contribution in [0, 0.1) is 0 Å². The average molecular weight is 321 g/mol. The van der Waals surface area contributed by atoms with E-state index in [2.05, 4.69) is 12.2 Å². The molecule has 0 aliphatic carbocycles. The van der Waals surface area contributed by atoms with Crippen LogP contribution in [0.1, 0.15) is 39.0 Å². The van der Waals surface area contributed by atoms with Gasteiger partial charge in [0.05, 0.1) is 19.3 Å². The number of rotatable bonds is 5. The number of ether oxygens (including phenoxy) is 2. The van der Waals surface area contributed by atoms with E-state index in [1.165, 1.54) is 0 Å². The van der Waals surface area contributed by atoms with Gasteiger partial charge in [-0.3, -0.25) is 4.79 Å². The Hall–Kier alpha value is -0.360. The Morgan fingerprint density at radius 2 is 2.24 bits per heavy atom. The predicted molar refractivity (Wildman–Crippen MR) is 84.9 cm³/mol. The number of nitrogens with zero attached hydrogens (tertiary/aromatic N) is 1. The summed E-state index contributed by atoms with van der Waals surface area (Å²) in [5, 5.41) is 3.34. The molecule has 0 aromatic heterocycles. The third-order valence-electron chi connectivity index (χ3n) is 4.00. The highest BCUT2D eigenvalue weighted by molar-refractivity contribution is 5.85. The van der Waals surface area contributed by atoms with Crippen molar-refractivity contribution in [1.29, 1.82) is 0 Å². The SMILES string of the molecule is CCCOC1CCCN(C(=O)CC2COCCN2)CC1.Cl. The predicted octanol–water partition coefficient (Wildman–Crippen LogP) is 1.59. The van der Waals surface area contributed by atoms with Crippen LogP contribution in [0.2, 0.25) is 0 Å². The van der Waals surface area contributed by atoms with Gasteiger partial charge in [0.25, 0.3) is 0 Å². The summed E-state index contributed by atoms with van der Waals surface area (Å²) in [5.74, 6) is 0.254. The first-order valence-corrected chi connectivity index (χ1v) is 8.00. The van der Waals surface area contributed by atoms with Crippen LogP contribution in [0.25, 0.3) is 0 Å². The molecule has 0 radical (unpaired) electrons. The third-order valence-corrected chi connectivity index (χ3v) is 4.00. The fourth-order valence-corrected chi connectivity index (χ4v) is 2.86. The fraction of sp³-hybridized carbons (Fsp3) is 0.933. The largest absolute Gasteiger partial charge is 0.378 e. The number of morpholine rings is 1. The van der Waals surface area contributed by atoms with Gasteiger partial charge >= 0.3 is 0 Å². The highest BCUT2D eigenvalue weighted by Crippen LogP contribution is 2.16. The van der Waals surface area contributed by atoms with Gasteiger partial charge in [-0.25, -0.2) is 0 Å². The molecule has 2 fully saturated rings. The fourth-order valence-electron chi connectivity index (χ4n) is 2.86. The summed E-state index contributed by atoms with van der Waals surface area (Å²) in [6.45, 7) is 6.93. The zero-order chi connectivity index (χ0) is 14.2. The molecule has 2 aliphatic rings. The minimum Gasteiger partial charge on any atom is -0.378 e. The van der Waals surface area contributed by atoms with Gasteiger partial charge in [-0.2, -0.15) is 0 Å². The van der Waals surface area contributed by atoms with Gasteiger partial charge in [0.1, 0.15) is 0 Å². The van der Waals surface area contributed by atoms with Gasteiger partial charge in [-0.15, -0.1) is 12.4 Å². The van der Waals surface area contributed by atoms with E-state index in [0.29, 0.717) is 19.1 Å². The smallest absolute Gasteiger partial charge is 0.224 e. The van der Waals surface area contributed by atoms with Crippen molar-refractivity contribution in [3.8, 4) is 0 Å². The topological polar surface area (TPSA) is 50.8 Å². The second kappa shape index (κ2) is 10.4. The van der Waals surface area contributed by atoms with Gasteiger partial charge in [-0.1, -0.05) is 6.92 Å². The van der Waals surface area contributed by atoms with Gasteiger partial charge in [0.15, 0.2) is 0 Å². The molecule has 2 rings (SSSR count). The van der Waals surface area contributed by atoms with Crippen molar-refractivity contribution in [3.63, 3.8) is 0 Å². The summed E-state index contributed by atoms with van der Waals surface area (Å²) in [5.41, 5.74) is 0. The standard InChI is InChI=1S/C15H28N2O3.ClH/c1-2-9-20-14-4-3-7-17(8-5-14)15(18)11-13-12-19-10-6-16-13;/h13-14,16H,2-12H2,1H3;1H. The van der Waals surface area contributed by atoms with Gasteiger partial charge < -0.3 is 19.7 Å². The second-order valence-electron chi connectivity index (χ2n) is 5.73. The van der Waals surface area contributed by atoms with E-state index in [0.717, 1.165) is 58.5 Å². The van der Waals surface area contributed by atoms with Crippen molar-refractivity contribution in [2.75, 3.05) is 39.5 Å². The lowest BCUT2D eigenvalue weighted by Crippen LogP contribution is -2.45. The maximum absolute atomic E-state index is 12.3. The Balaban J connectivity index is 0.00000220. The molecule has 5 nitrogen and oxygen atoms in total. The van der Waals surface area contributed by atoms with Crippen molar-refractivity contribution in [1.82, 2.24) is 10.2 Å². The Morgan fingerprint density at radius 1 is 1.38 bits per heavy atom. The first-order chi connectivity index (χ1) is 9.79. The summed E-state index contributed by atoms with van der Waals surface area (Å²) in [6.07, 6.45) is 5.06. The number of carbonyl (C=O) groups excluding carboxylic acids is 1.